The van der Waals surface area contributed by atoms with Gasteiger partial charge in [-0.15, -0.1) is 11.6 Å². The summed E-state index contributed by atoms with van der Waals surface area (Å²) in [5.41, 5.74) is 0.286. The normalized spacial score (nSPS) is 24.9. The first-order valence-electron chi connectivity index (χ1n) is 7.30. The van der Waals surface area contributed by atoms with Gasteiger partial charge >= 0.3 is 0 Å². The number of alkyl halides is 1. The van der Waals surface area contributed by atoms with Crippen LogP contribution in [0.1, 0.15) is 65.7 Å². The maximum Gasteiger partial charge on any atom is 0.220 e. The molecule has 2 nitrogen and oxygen atoms in total. The Morgan fingerprint density at radius 1 is 1.22 bits per heavy atom. The van der Waals surface area contributed by atoms with Gasteiger partial charge in [0.1, 0.15) is 0 Å². The lowest BCUT2D eigenvalue weighted by molar-refractivity contribution is -0.122. The Labute approximate surface area is 117 Å². The molecule has 2 unspecified atom stereocenters. The largest absolute Gasteiger partial charge is 0.353 e. The molecule has 106 valence electrons. The fraction of sp³-hybridized carbons (Fsp3) is 0.933. The molecule has 1 fully saturated rings. The van der Waals surface area contributed by atoms with Gasteiger partial charge < -0.3 is 5.32 Å². The Morgan fingerprint density at radius 3 is 2.50 bits per heavy atom. The lowest BCUT2D eigenvalue weighted by Crippen LogP contribution is -2.46. The average molecular weight is 274 g/mol. The summed E-state index contributed by atoms with van der Waals surface area (Å²) < 4.78 is 0. The highest BCUT2D eigenvalue weighted by molar-refractivity contribution is 6.17. The van der Waals surface area contributed by atoms with Crippen molar-refractivity contribution in [3.05, 3.63) is 0 Å². The third-order valence-corrected chi connectivity index (χ3v) is 4.28. The second-order valence-corrected chi connectivity index (χ2v) is 6.96. The molecule has 1 rings (SSSR count). The van der Waals surface area contributed by atoms with Crippen LogP contribution in [-0.4, -0.2) is 17.8 Å². The van der Waals surface area contributed by atoms with Gasteiger partial charge in [-0.25, -0.2) is 0 Å². The van der Waals surface area contributed by atoms with E-state index >= 15 is 0 Å². The second kappa shape index (κ2) is 7.37. The topological polar surface area (TPSA) is 29.1 Å². The van der Waals surface area contributed by atoms with Gasteiger partial charge in [0.2, 0.25) is 5.91 Å². The van der Waals surface area contributed by atoms with E-state index in [1.165, 1.54) is 19.3 Å². The molecule has 0 spiro atoms. The van der Waals surface area contributed by atoms with Crippen molar-refractivity contribution in [1.82, 2.24) is 5.32 Å². The summed E-state index contributed by atoms with van der Waals surface area (Å²) in [5.74, 6) is 1.48. The highest BCUT2D eigenvalue weighted by atomic mass is 35.5. The third-order valence-electron chi connectivity index (χ3n) is 4.01. The number of rotatable bonds is 5. The van der Waals surface area contributed by atoms with E-state index in [2.05, 4.69) is 26.1 Å². The van der Waals surface area contributed by atoms with E-state index in [0.717, 1.165) is 19.3 Å². The van der Waals surface area contributed by atoms with Crippen LogP contribution in [0.2, 0.25) is 0 Å². The number of carbonyl (C=O) groups excluding carboxylic acids is 1. The lowest BCUT2D eigenvalue weighted by atomic mass is 9.69. The number of unbranched alkanes of at least 4 members (excludes halogenated alkanes) is 1. The first kappa shape index (κ1) is 15.8. The summed E-state index contributed by atoms with van der Waals surface area (Å²) in [6.07, 6.45) is 7.41. The molecule has 0 aromatic heterocycles. The number of halogens is 1. The van der Waals surface area contributed by atoms with Crippen molar-refractivity contribution >= 4 is 17.5 Å². The van der Waals surface area contributed by atoms with Gasteiger partial charge in [-0.05, 0) is 37.0 Å². The van der Waals surface area contributed by atoms with E-state index < -0.39 is 0 Å². The number of nitrogens with one attached hydrogen (secondary N) is 1. The van der Waals surface area contributed by atoms with E-state index in [0.29, 0.717) is 24.3 Å². The van der Waals surface area contributed by atoms with Gasteiger partial charge in [-0.3, -0.25) is 4.79 Å². The molecule has 0 heterocycles. The molecule has 0 aromatic carbocycles. The van der Waals surface area contributed by atoms with Gasteiger partial charge in [-0.2, -0.15) is 0 Å². The second-order valence-electron chi connectivity index (χ2n) is 6.58. The zero-order valence-corrected chi connectivity index (χ0v) is 12.9. The standard InChI is InChI=1S/C15H28ClNO/c1-15(2,3)12-8-4-5-9-13(12)17-14(18)10-6-7-11-16/h12-13H,4-11H2,1-3H3,(H,17,18). The summed E-state index contributed by atoms with van der Waals surface area (Å²) in [6, 6.07) is 0.377. The molecular weight excluding hydrogens is 246 g/mol. The van der Waals surface area contributed by atoms with E-state index in [-0.39, 0.29) is 11.3 Å². The van der Waals surface area contributed by atoms with Crippen LogP contribution in [0.4, 0.5) is 0 Å². The fourth-order valence-electron chi connectivity index (χ4n) is 3.00. The molecule has 0 radical (unpaired) electrons. The predicted molar refractivity (Wildman–Crippen MR) is 77.9 cm³/mol. The van der Waals surface area contributed by atoms with E-state index in [9.17, 15) is 4.79 Å². The first-order valence-corrected chi connectivity index (χ1v) is 7.84. The van der Waals surface area contributed by atoms with Crippen molar-refractivity contribution in [3.63, 3.8) is 0 Å². The molecule has 3 heteroatoms. The van der Waals surface area contributed by atoms with Crippen LogP contribution < -0.4 is 5.32 Å². The maximum atomic E-state index is 11.9. The van der Waals surface area contributed by atoms with Gasteiger partial charge in [0.15, 0.2) is 0 Å². The molecule has 0 bridgehead atoms. The molecule has 1 aliphatic carbocycles. The maximum absolute atomic E-state index is 11.9. The van der Waals surface area contributed by atoms with Crippen molar-refractivity contribution in [3.8, 4) is 0 Å². The zero-order chi connectivity index (χ0) is 13.6. The predicted octanol–water partition coefficient (Wildman–Crippen LogP) is 4.12. The highest BCUT2D eigenvalue weighted by Crippen LogP contribution is 2.37. The fourth-order valence-corrected chi connectivity index (χ4v) is 3.19. The zero-order valence-electron chi connectivity index (χ0n) is 12.1. The molecule has 1 amide bonds. The van der Waals surface area contributed by atoms with Gasteiger partial charge in [0.25, 0.3) is 0 Å². The number of carbonyl (C=O) groups is 1. The Balaban J connectivity index is 2.44. The number of hydrogen-bond donors (Lipinski definition) is 1. The van der Waals surface area contributed by atoms with Crippen LogP contribution in [0.25, 0.3) is 0 Å². The van der Waals surface area contributed by atoms with Gasteiger partial charge in [0, 0.05) is 18.3 Å². The molecule has 2 atom stereocenters. The van der Waals surface area contributed by atoms with Gasteiger partial charge in [0.05, 0.1) is 0 Å². The summed E-state index contributed by atoms with van der Waals surface area (Å²) in [5, 5.41) is 3.25. The van der Waals surface area contributed by atoms with Crippen LogP contribution in [0.5, 0.6) is 0 Å². The quantitative estimate of drug-likeness (QED) is 0.593. The van der Waals surface area contributed by atoms with Crippen LogP contribution in [0.3, 0.4) is 0 Å². The smallest absolute Gasteiger partial charge is 0.220 e. The molecule has 1 saturated carbocycles. The van der Waals surface area contributed by atoms with Crippen LogP contribution in [0, 0.1) is 11.3 Å². The van der Waals surface area contributed by atoms with Crippen LogP contribution in [-0.2, 0) is 4.79 Å². The molecule has 0 aromatic rings. The van der Waals surface area contributed by atoms with Crippen LogP contribution >= 0.6 is 11.6 Å². The van der Waals surface area contributed by atoms with Crippen molar-refractivity contribution < 1.29 is 4.79 Å². The number of hydrogen-bond acceptors (Lipinski definition) is 1. The van der Waals surface area contributed by atoms with Crippen molar-refractivity contribution in [2.75, 3.05) is 5.88 Å². The third kappa shape index (κ3) is 5.17. The highest BCUT2D eigenvalue weighted by Gasteiger charge is 2.34. The van der Waals surface area contributed by atoms with Crippen LogP contribution in [0.15, 0.2) is 0 Å². The first-order chi connectivity index (χ1) is 8.45. The summed E-state index contributed by atoms with van der Waals surface area (Å²) >= 11 is 5.63. The van der Waals surface area contributed by atoms with E-state index in [1.807, 2.05) is 0 Å². The number of amides is 1. The minimum atomic E-state index is 0.210. The molecule has 18 heavy (non-hydrogen) atoms. The van der Waals surface area contributed by atoms with Crippen molar-refractivity contribution in [2.45, 2.75) is 71.8 Å². The summed E-state index contributed by atoms with van der Waals surface area (Å²) in [6.45, 7) is 6.86. The molecule has 0 saturated heterocycles. The SMILES string of the molecule is CC(C)(C)C1CCCCC1NC(=O)CCCCCl. The Kier molecular flexibility index (Phi) is 6.48. The lowest BCUT2D eigenvalue weighted by Gasteiger charge is -2.40. The minimum absolute atomic E-state index is 0.210. The summed E-state index contributed by atoms with van der Waals surface area (Å²) in [4.78, 5) is 11.9. The molecule has 1 aliphatic rings. The molecule has 1 N–H and O–H groups in total. The molecular formula is C15H28ClNO. The van der Waals surface area contributed by atoms with E-state index in [4.69, 9.17) is 11.6 Å². The van der Waals surface area contributed by atoms with Crippen molar-refractivity contribution in [1.29, 1.82) is 0 Å². The Hall–Kier alpha value is -0.240. The molecule has 0 aliphatic heterocycles. The monoisotopic (exact) mass is 273 g/mol. The summed E-state index contributed by atoms with van der Waals surface area (Å²) in [7, 11) is 0. The van der Waals surface area contributed by atoms with Crippen molar-refractivity contribution in [2.24, 2.45) is 11.3 Å². The van der Waals surface area contributed by atoms with Gasteiger partial charge in [-0.1, -0.05) is 33.6 Å². The average Bonchev–Trinajstić information content (AvgIpc) is 2.28. The Bertz CT molecular complexity index is 260. The van der Waals surface area contributed by atoms with E-state index in [1.54, 1.807) is 0 Å². The minimum Gasteiger partial charge on any atom is -0.353 e. The Morgan fingerprint density at radius 2 is 1.89 bits per heavy atom.